The molecular weight excluding hydrogens is 432 g/mol. The molecule has 0 saturated carbocycles. The largest absolute Gasteiger partial charge is 0.269 e. The van der Waals surface area contributed by atoms with Gasteiger partial charge < -0.3 is 0 Å². The zero-order valence-corrected chi connectivity index (χ0v) is 19.8. The Hall–Kier alpha value is -2.84. The van der Waals surface area contributed by atoms with Gasteiger partial charge in [-0.15, -0.1) is 0 Å². The predicted molar refractivity (Wildman–Crippen MR) is 125 cm³/mol. The van der Waals surface area contributed by atoms with Crippen LogP contribution in [0.4, 0.5) is 11.4 Å². The zero-order chi connectivity index (χ0) is 23.0. The molecule has 164 valence electrons. The summed E-state index contributed by atoms with van der Waals surface area (Å²) >= 11 is 0. The number of hydrogen-bond acceptors (Lipinski definition) is 4. The maximum Gasteiger partial charge on any atom is 0.264 e. The van der Waals surface area contributed by atoms with Crippen molar-refractivity contribution in [3.8, 4) is 0 Å². The van der Waals surface area contributed by atoms with Crippen LogP contribution in [-0.4, -0.2) is 30.9 Å². The minimum absolute atomic E-state index is 0.0614. The molecule has 0 aliphatic rings. The summed E-state index contributed by atoms with van der Waals surface area (Å²) in [6, 6.07) is 18.4. The van der Waals surface area contributed by atoms with Crippen LogP contribution in [0.1, 0.15) is 16.7 Å². The third-order valence-corrected chi connectivity index (χ3v) is 8.98. The molecule has 0 aliphatic heterocycles. The van der Waals surface area contributed by atoms with E-state index in [2.05, 4.69) is 0 Å². The fraction of sp³-hybridized carbons (Fsp3) is 0.217. The van der Waals surface area contributed by atoms with Crippen molar-refractivity contribution in [1.29, 1.82) is 0 Å². The smallest absolute Gasteiger partial charge is 0.264 e. The van der Waals surface area contributed by atoms with Crippen molar-refractivity contribution in [3.05, 3.63) is 83.4 Å². The van der Waals surface area contributed by atoms with E-state index in [0.717, 1.165) is 9.87 Å². The minimum atomic E-state index is -3.91. The fourth-order valence-corrected chi connectivity index (χ4v) is 6.05. The summed E-state index contributed by atoms with van der Waals surface area (Å²) in [6.07, 6.45) is 0. The highest BCUT2D eigenvalue weighted by Gasteiger charge is 2.28. The average molecular weight is 459 g/mol. The molecule has 0 saturated heterocycles. The third-order valence-electron chi connectivity index (χ3n) is 5.27. The molecule has 0 atom stereocenters. The highest BCUT2D eigenvalue weighted by Crippen LogP contribution is 2.32. The summed E-state index contributed by atoms with van der Waals surface area (Å²) < 4.78 is 55.3. The van der Waals surface area contributed by atoms with Gasteiger partial charge in [0.05, 0.1) is 21.2 Å². The van der Waals surface area contributed by atoms with Gasteiger partial charge in [0, 0.05) is 14.1 Å². The second-order valence-electron chi connectivity index (χ2n) is 7.50. The lowest BCUT2D eigenvalue weighted by molar-refractivity contribution is 0.591. The predicted octanol–water partition coefficient (Wildman–Crippen LogP) is 4.26. The van der Waals surface area contributed by atoms with Gasteiger partial charge in [-0.25, -0.2) is 16.8 Å². The molecule has 8 heteroatoms. The van der Waals surface area contributed by atoms with E-state index in [1.807, 2.05) is 19.1 Å². The van der Waals surface area contributed by atoms with E-state index in [1.54, 1.807) is 50.2 Å². The molecule has 0 heterocycles. The van der Waals surface area contributed by atoms with Gasteiger partial charge in [-0.3, -0.25) is 8.61 Å². The monoisotopic (exact) mass is 458 g/mol. The van der Waals surface area contributed by atoms with Gasteiger partial charge in [-0.05, 0) is 62.2 Å². The van der Waals surface area contributed by atoms with Crippen molar-refractivity contribution in [2.45, 2.75) is 30.6 Å². The first-order valence-corrected chi connectivity index (χ1v) is 12.5. The molecule has 3 aromatic carbocycles. The zero-order valence-electron chi connectivity index (χ0n) is 18.2. The first kappa shape index (κ1) is 22.8. The third kappa shape index (κ3) is 4.31. The van der Waals surface area contributed by atoms with Crippen LogP contribution < -0.4 is 8.61 Å². The van der Waals surface area contributed by atoms with Crippen molar-refractivity contribution >= 4 is 31.4 Å². The van der Waals surface area contributed by atoms with E-state index < -0.39 is 20.0 Å². The molecule has 0 unspecified atom stereocenters. The molecular formula is C23H26N2O4S2. The van der Waals surface area contributed by atoms with Crippen LogP contribution in [0.5, 0.6) is 0 Å². The van der Waals surface area contributed by atoms with E-state index in [-0.39, 0.29) is 9.79 Å². The molecule has 0 radical (unpaired) electrons. The van der Waals surface area contributed by atoms with Crippen LogP contribution in [0.3, 0.4) is 0 Å². The average Bonchev–Trinajstić information content (AvgIpc) is 2.73. The van der Waals surface area contributed by atoms with Gasteiger partial charge in [0.1, 0.15) is 0 Å². The number of nitrogens with zero attached hydrogens (tertiary/aromatic N) is 2. The van der Waals surface area contributed by atoms with E-state index in [9.17, 15) is 16.8 Å². The highest BCUT2D eigenvalue weighted by molar-refractivity contribution is 7.93. The van der Waals surface area contributed by atoms with E-state index in [0.29, 0.717) is 22.5 Å². The van der Waals surface area contributed by atoms with Crippen molar-refractivity contribution < 1.29 is 16.8 Å². The SMILES string of the molecule is Cc1ccc(N(C)S(=O)(=O)c2cc(N(C)S(=O)(=O)c3ccccc3)c(C)cc2C)cc1. The molecule has 0 amide bonds. The Bertz CT molecular complexity index is 1300. The van der Waals surface area contributed by atoms with Crippen molar-refractivity contribution in [1.82, 2.24) is 0 Å². The number of rotatable bonds is 6. The molecule has 6 nitrogen and oxygen atoms in total. The minimum Gasteiger partial charge on any atom is -0.269 e. The molecule has 3 aromatic rings. The second kappa shape index (κ2) is 8.36. The number of sulfonamides is 2. The van der Waals surface area contributed by atoms with E-state index in [4.69, 9.17) is 0 Å². The summed E-state index contributed by atoms with van der Waals surface area (Å²) in [5, 5.41) is 0. The van der Waals surface area contributed by atoms with Crippen molar-refractivity contribution in [2.24, 2.45) is 0 Å². The number of benzene rings is 3. The summed E-state index contributed by atoms with van der Waals surface area (Å²) in [5.74, 6) is 0. The van der Waals surface area contributed by atoms with Crippen LogP contribution >= 0.6 is 0 Å². The van der Waals surface area contributed by atoms with Gasteiger partial charge >= 0.3 is 0 Å². The molecule has 0 aromatic heterocycles. The Morgan fingerprint density at radius 1 is 0.645 bits per heavy atom. The standard InChI is InChI=1S/C23H26N2O4S2/c1-17-11-13-20(14-12-17)24(4)31(28,29)23-16-22(18(2)15-19(23)3)25(5)30(26,27)21-9-7-6-8-10-21/h6-16H,1-5H3. The molecule has 0 aliphatic carbocycles. The van der Waals surface area contributed by atoms with E-state index >= 15 is 0 Å². The Morgan fingerprint density at radius 3 is 1.81 bits per heavy atom. The molecule has 0 N–H and O–H groups in total. The molecule has 0 fully saturated rings. The topological polar surface area (TPSA) is 74.8 Å². The maximum absolute atomic E-state index is 13.4. The van der Waals surface area contributed by atoms with Gasteiger partial charge in [-0.2, -0.15) is 0 Å². The molecule has 3 rings (SSSR count). The number of anilines is 2. The normalized spacial score (nSPS) is 11.9. The first-order valence-electron chi connectivity index (χ1n) is 9.67. The lowest BCUT2D eigenvalue weighted by Crippen LogP contribution is -2.29. The summed E-state index contributed by atoms with van der Waals surface area (Å²) in [4.78, 5) is 0.199. The van der Waals surface area contributed by atoms with Gasteiger partial charge in [0.15, 0.2) is 0 Å². The van der Waals surface area contributed by atoms with Crippen molar-refractivity contribution in [2.75, 3.05) is 22.7 Å². The number of hydrogen-bond donors (Lipinski definition) is 0. The van der Waals surface area contributed by atoms with Gasteiger partial charge in [-0.1, -0.05) is 42.0 Å². The fourth-order valence-electron chi connectivity index (χ4n) is 3.36. The lowest BCUT2D eigenvalue weighted by Gasteiger charge is -2.25. The molecule has 0 bridgehead atoms. The lowest BCUT2D eigenvalue weighted by atomic mass is 10.1. The summed E-state index contributed by atoms with van der Waals surface area (Å²) in [7, 11) is -4.83. The Morgan fingerprint density at radius 2 is 1.23 bits per heavy atom. The summed E-state index contributed by atoms with van der Waals surface area (Å²) in [5.41, 5.74) is 3.07. The Kier molecular flexibility index (Phi) is 6.16. The second-order valence-corrected chi connectivity index (χ2v) is 11.4. The van der Waals surface area contributed by atoms with Gasteiger partial charge in [0.25, 0.3) is 20.0 Å². The Balaban J connectivity index is 2.10. The summed E-state index contributed by atoms with van der Waals surface area (Å²) in [6.45, 7) is 5.40. The van der Waals surface area contributed by atoms with Crippen LogP contribution in [-0.2, 0) is 20.0 Å². The first-order chi connectivity index (χ1) is 14.5. The van der Waals surface area contributed by atoms with Crippen LogP contribution in [0.25, 0.3) is 0 Å². The Labute approximate surface area is 184 Å². The molecule has 0 spiro atoms. The molecule has 31 heavy (non-hydrogen) atoms. The van der Waals surface area contributed by atoms with Gasteiger partial charge in [0.2, 0.25) is 0 Å². The number of aryl methyl sites for hydroxylation is 3. The van der Waals surface area contributed by atoms with Crippen LogP contribution in [0.15, 0.2) is 76.5 Å². The maximum atomic E-state index is 13.4. The quantitative estimate of drug-likeness (QED) is 0.553. The van der Waals surface area contributed by atoms with Crippen LogP contribution in [0, 0.1) is 20.8 Å². The van der Waals surface area contributed by atoms with E-state index in [1.165, 1.54) is 36.6 Å². The van der Waals surface area contributed by atoms with Crippen LogP contribution in [0.2, 0.25) is 0 Å². The highest BCUT2D eigenvalue weighted by atomic mass is 32.2. The van der Waals surface area contributed by atoms with Crippen molar-refractivity contribution in [3.63, 3.8) is 0 Å².